The van der Waals surface area contributed by atoms with Crippen molar-refractivity contribution in [3.63, 3.8) is 0 Å². The van der Waals surface area contributed by atoms with Crippen LogP contribution in [0.15, 0.2) is 54.6 Å². The van der Waals surface area contributed by atoms with E-state index in [-0.39, 0.29) is 0 Å². The second-order valence-corrected chi connectivity index (χ2v) is 8.74. The molecule has 0 atom stereocenters. The maximum absolute atomic E-state index is 9.43. The van der Waals surface area contributed by atoms with Gasteiger partial charge in [-0.25, -0.2) is 9.97 Å². The molecule has 1 aliphatic rings. The van der Waals surface area contributed by atoms with Crippen molar-refractivity contribution in [1.29, 1.82) is 5.26 Å². The molecule has 0 unspecified atom stereocenters. The second kappa shape index (κ2) is 7.86. The first-order valence-electron chi connectivity index (χ1n) is 6.49. The van der Waals surface area contributed by atoms with Crippen LogP contribution in [0.25, 0.3) is 0 Å². The van der Waals surface area contributed by atoms with Crippen molar-refractivity contribution in [1.82, 2.24) is 9.97 Å². The van der Waals surface area contributed by atoms with Gasteiger partial charge < -0.3 is 0 Å². The van der Waals surface area contributed by atoms with E-state index in [4.69, 9.17) is 11.6 Å². The lowest BCUT2D eigenvalue weighted by Crippen LogP contribution is -1.98. The molecule has 2 heterocycles. The second-order valence-electron chi connectivity index (χ2n) is 4.34. The van der Waals surface area contributed by atoms with E-state index in [1.165, 1.54) is 40.8 Å². The molecular formula is C15H10ClN3S4. The highest BCUT2D eigenvalue weighted by Gasteiger charge is 2.25. The van der Waals surface area contributed by atoms with Crippen LogP contribution in [0.3, 0.4) is 0 Å². The highest BCUT2D eigenvalue weighted by atomic mass is 35.5. The summed E-state index contributed by atoms with van der Waals surface area (Å²) >= 11 is 12.2. The van der Waals surface area contributed by atoms with Gasteiger partial charge in [-0.2, -0.15) is 5.26 Å². The van der Waals surface area contributed by atoms with E-state index in [1.807, 2.05) is 24.5 Å². The monoisotopic (exact) mass is 395 g/mol. The summed E-state index contributed by atoms with van der Waals surface area (Å²) in [6, 6.07) is 12.5. The summed E-state index contributed by atoms with van der Waals surface area (Å²) in [5.41, 5.74) is 1.23. The third-order valence-corrected chi connectivity index (χ3v) is 7.69. The van der Waals surface area contributed by atoms with E-state index < -0.39 is 0 Å². The van der Waals surface area contributed by atoms with Crippen LogP contribution < -0.4 is 0 Å². The molecule has 116 valence electrons. The Labute approximate surface area is 156 Å². The molecule has 2 aromatic rings. The Morgan fingerprint density at radius 1 is 1.22 bits per heavy atom. The van der Waals surface area contributed by atoms with E-state index in [1.54, 1.807) is 11.8 Å². The van der Waals surface area contributed by atoms with Gasteiger partial charge in [0.25, 0.3) is 0 Å². The van der Waals surface area contributed by atoms with Gasteiger partial charge in [-0.15, -0.1) is 11.8 Å². The Morgan fingerprint density at radius 2 is 2.00 bits per heavy atom. The molecule has 0 saturated carbocycles. The summed E-state index contributed by atoms with van der Waals surface area (Å²) in [6.07, 6.45) is 1.92. The van der Waals surface area contributed by atoms with Gasteiger partial charge in [0, 0.05) is 5.75 Å². The minimum absolute atomic E-state index is 0.414. The first kappa shape index (κ1) is 17.1. The molecule has 1 aromatic heterocycles. The summed E-state index contributed by atoms with van der Waals surface area (Å²) in [5.74, 6) is 0.818. The zero-order valence-electron chi connectivity index (χ0n) is 11.9. The van der Waals surface area contributed by atoms with Crippen molar-refractivity contribution < 1.29 is 0 Å². The Kier molecular flexibility index (Phi) is 5.83. The molecule has 0 saturated heterocycles. The third-order valence-electron chi connectivity index (χ3n) is 2.85. The highest BCUT2D eigenvalue weighted by molar-refractivity contribution is 8.23. The van der Waals surface area contributed by atoms with Gasteiger partial charge in [-0.1, -0.05) is 77.2 Å². The number of hydrogen-bond acceptors (Lipinski definition) is 7. The zero-order chi connectivity index (χ0) is 16.2. The van der Waals surface area contributed by atoms with Crippen molar-refractivity contribution >= 4 is 58.6 Å². The summed E-state index contributed by atoms with van der Waals surface area (Å²) in [4.78, 5) is 10.2. The fourth-order valence-electron chi connectivity index (χ4n) is 1.80. The van der Waals surface area contributed by atoms with Gasteiger partial charge in [0.1, 0.15) is 21.2 Å². The fourth-order valence-corrected chi connectivity index (χ4v) is 5.96. The average molecular weight is 396 g/mol. The molecule has 3 rings (SSSR count). The normalized spacial score (nSPS) is 13.6. The Morgan fingerprint density at radius 3 is 2.70 bits per heavy atom. The number of allylic oxidation sites excluding steroid dienone is 1. The van der Waals surface area contributed by atoms with Crippen molar-refractivity contribution in [2.75, 3.05) is 6.26 Å². The van der Waals surface area contributed by atoms with Gasteiger partial charge in [0.15, 0.2) is 5.16 Å². The topological polar surface area (TPSA) is 49.6 Å². The molecule has 0 radical (unpaired) electrons. The van der Waals surface area contributed by atoms with Crippen LogP contribution in [0, 0.1) is 11.3 Å². The van der Waals surface area contributed by atoms with Gasteiger partial charge in [0.2, 0.25) is 0 Å². The lowest BCUT2D eigenvalue weighted by atomic mass is 10.2. The summed E-state index contributed by atoms with van der Waals surface area (Å²) in [7, 11) is 0. The zero-order valence-corrected chi connectivity index (χ0v) is 16.0. The standard InChI is InChI=1S/C15H10ClN3S4/c1-20-15-18-12(16)11-13(19-15)23-14(10(7-17)22-11)21-8-9-5-3-2-4-6-9/h2-6H,8H2,1H3. The summed E-state index contributed by atoms with van der Waals surface area (Å²) in [6.45, 7) is 0. The molecule has 0 fully saturated rings. The van der Waals surface area contributed by atoms with Crippen LogP contribution >= 0.6 is 58.6 Å². The number of nitrogens with zero attached hydrogens (tertiary/aromatic N) is 3. The van der Waals surface area contributed by atoms with Crippen LogP contribution in [-0.2, 0) is 5.75 Å². The van der Waals surface area contributed by atoms with Crippen LogP contribution in [0.4, 0.5) is 0 Å². The van der Waals surface area contributed by atoms with E-state index in [0.717, 1.165) is 19.9 Å². The van der Waals surface area contributed by atoms with E-state index in [9.17, 15) is 5.26 Å². The number of halogens is 1. The smallest absolute Gasteiger partial charge is 0.189 e. The van der Waals surface area contributed by atoms with Crippen LogP contribution in [0.2, 0.25) is 5.15 Å². The first-order chi connectivity index (χ1) is 11.2. The van der Waals surface area contributed by atoms with Crippen molar-refractivity contribution in [2.24, 2.45) is 0 Å². The summed E-state index contributed by atoms with van der Waals surface area (Å²) in [5, 5.41) is 11.3. The van der Waals surface area contributed by atoms with E-state index in [0.29, 0.717) is 15.2 Å². The maximum Gasteiger partial charge on any atom is 0.189 e. The largest absolute Gasteiger partial charge is 0.214 e. The molecule has 0 amide bonds. The predicted octanol–water partition coefficient (Wildman–Crippen LogP) is 5.68. The van der Waals surface area contributed by atoms with E-state index >= 15 is 0 Å². The van der Waals surface area contributed by atoms with Gasteiger partial charge in [-0.3, -0.25) is 0 Å². The van der Waals surface area contributed by atoms with Crippen LogP contribution in [0.1, 0.15) is 5.56 Å². The molecule has 23 heavy (non-hydrogen) atoms. The Hall–Kier alpha value is -0.780. The molecular weight excluding hydrogens is 386 g/mol. The fraction of sp³-hybridized carbons (Fsp3) is 0.133. The van der Waals surface area contributed by atoms with Crippen molar-refractivity contribution in [3.8, 4) is 6.07 Å². The van der Waals surface area contributed by atoms with Gasteiger partial charge in [-0.05, 0) is 11.8 Å². The summed E-state index contributed by atoms with van der Waals surface area (Å²) < 4.78 is 0.968. The third kappa shape index (κ3) is 4.01. The van der Waals surface area contributed by atoms with Gasteiger partial charge >= 0.3 is 0 Å². The average Bonchev–Trinajstić information content (AvgIpc) is 2.60. The molecule has 0 spiro atoms. The van der Waals surface area contributed by atoms with Crippen LogP contribution in [0.5, 0.6) is 0 Å². The molecule has 3 nitrogen and oxygen atoms in total. The lowest BCUT2D eigenvalue weighted by molar-refractivity contribution is 0.842. The highest BCUT2D eigenvalue weighted by Crippen LogP contribution is 2.52. The quantitative estimate of drug-likeness (QED) is 0.375. The molecule has 0 bridgehead atoms. The van der Waals surface area contributed by atoms with Crippen LogP contribution in [-0.4, -0.2) is 16.2 Å². The number of hydrogen-bond donors (Lipinski definition) is 0. The predicted molar refractivity (Wildman–Crippen MR) is 101 cm³/mol. The number of benzene rings is 1. The van der Waals surface area contributed by atoms with Crippen molar-refractivity contribution in [3.05, 3.63) is 50.2 Å². The van der Waals surface area contributed by atoms with Gasteiger partial charge in [0.05, 0.1) is 9.13 Å². The molecule has 0 N–H and O–H groups in total. The number of rotatable bonds is 4. The number of nitriles is 1. The molecule has 8 heteroatoms. The molecule has 1 aromatic carbocycles. The minimum Gasteiger partial charge on any atom is -0.214 e. The SMILES string of the molecule is CSc1nc(Cl)c2c(n1)SC(SCc1ccccc1)=C(C#N)S2. The molecule has 1 aliphatic heterocycles. The Bertz CT molecular complexity index is 802. The molecule has 0 aliphatic carbocycles. The maximum atomic E-state index is 9.43. The Balaban J connectivity index is 1.85. The lowest BCUT2D eigenvalue weighted by Gasteiger charge is -2.18. The number of aromatic nitrogens is 2. The number of thioether (sulfide) groups is 4. The minimum atomic E-state index is 0.414. The van der Waals surface area contributed by atoms with Crippen molar-refractivity contribution in [2.45, 2.75) is 20.8 Å². The van der Waals surface area contributed by atoms with E-state index in [2.05, 4.69) is 28.2 Å². The number of fused-ring (bicyclic) bond motifs is 1. The first-order valence-corrected chi connectivity index (χ1v) is 10.7.